The van der Waals surface area contributed by atoms with Gasteiger partial charge in [0.25, 0.3) is 6.47 Å². The van der Waals surface area contributed by atoms with Crippen LogP contribution in [0.2, 0.25) is 0 Å². The Bertz CT molecular complexity index is 967. The summed E-state index contributed by atoms with van der Waals surface area (Å²) < 4.78 is 4.81. The van der Waals surface area contributed by atoms with Crippen LogP contribution in [-0.4, -0.2) is 75.3 Å². The average Bonchev–Trinajstić information content (AvgIpc) is 3.28. The zero-order valence-electron chi connectivity index (χ0n) is 24.3. The van der Waals surface area contributed by atoms with Crippen LogP contribution in [0, 0.1) is 34.5 Å². The molecule has 9 heteroatoms. The number of hydrogen-bond acceptors (Lipinski definition) is 8. The zero-order chi connectivity index (χ0) is 28.0. The molecule has 4 aliphatic rings. The molecule has 0 radical (unpaired) electrons. The Labute approximate surface area is 233 Å². The van der Waals surface area contributed by atoms with Crippen molar-refractivity contribution in [1.29, 1.82) is 0 Å². The number of rotatable bonds is 12. The molecule has 9 nitrogen and oxygen atoms in total. The Hall–Kier alpha value is -2.26. The molecule has 0 heterocycles. The SMILES string of the molecule is CNCCNCCN(CCOC=O)C(=O)O/N=C(\C)[C@H]1CC[C@H]2[C@@H]3CCC4=CC(=O)CC[C@]4(C)[C@H]3CC[C@]12C. The van der Waals surface area contributed by atoms with E-state index in [1.165, 1.54) is 29.7 Å². The number of ketones is 1. The van der Waals surface area contributed by atoms with E-state index < -0.39 is 6.09 Å². The summed E-state index contributed by atoms with van der Waals surface area (Å²) in [4.78, 5) is 42.6. The molecule has 0 bridgehead atoms. The first-order chi connectivity index (χ1) is 18.7. The van der Waals surface area contributed by atoms with Crippen molar-refractivity contribution in [2.45, 2.75) is 72.1 Å². The molecule has 0 saturated heterocycles. The van der Waals surface area contributed by atoms with Gasteiger partial charge in [0.15, 0.2) is 5.78 Å². The van der Waals surface area contributed by atoms with Gasteiger partial charge in [0, 0.05) is 38.5 Å². The average molecular weight is 545 g/mol. The van der Waals surface area contributed by atoms with Gasteiger partial charge in [0.2, 0.25) is 0 Å². The first-order valence-corrected chi connectivity index (χ1v) is 14.9. The monoisotopic (exact) mass is 544 g/mol. The third-order valence-electron chi connectivity index (χ3n) is 10.6. The van der Waals surface area contributed by atoms with E-state index in [0.29, 0.717) is 55.4 Å². The molecule has 0 unspecified atom stereocenters. The molecular formula is C30H48N4O5. The van der Waals surface area contributed by atoms with E-state index in [4.69, 9.17) is 9.57 Å². The van der Waals surface area contributed by atoms with Crippen molar-refractivity contribution >= 4 is 24.1 Å². The van der Waals surface area contributed by atoms with Gasteiger partial charge in [-0.2, -0.15) is 0 Å². The minimum atomic E-state index is -0.519. The Kier molecular flexibility index (Phi) is 9.86. The van der Waals surface area contributed by atoms with Crippen LogP contribution >= 0.6 is 0 Å². The van der Waals surface area contributed by atoms with Crippen LogP contribution in [0.1, 0.15) is 72.1 Å². The quantitative estimate of drug-likeness (QED) is 0.126. The minimum Gasteiger partial charge on any atom is -0.466 e. The largest absolute Gasteiger partial charge is 0.466 e. The smallest absolute Gasteiger partial charge is 0.436 e. The van der Waals surface area contributed by atoms with Crippen molar-refractivity contribution in [2.24, 2.45) is 39.7 Å². The lowest BCUT2D eigenvalue weighted by Crippen LogP contribution is -2.51. The van der Waals surface area contributed by atoms with Gasteiger partial charge in [-0.3, -0.25) is 14.4 Å². The van der Waals surface area contributed by atoms with Gasteiger partial charge < -0.3 is 20.3 Å². The summed E-state index contributed by atoms with van der Waals surface area (Å²) in [6, 6.07) is 0. The molecule has 1 amide bonds. The van der Waals surface area contributed by atoms with Crippen molar-refractivity contribution in [1.82, 2.24) is 15.5 Å². The number of oxime groups is 1. The van der Waals surface area contributed by atoms with Crippen LogP contribution in [-0.2, 0) is 19.2 Å². The fourth-order valence-corrected chi connectivity index (χ4v) is 8.54. The highest BCUT2D eigenvalue weighted by molar-refractivity contribution is 5.91. The fourth-order valence-electron chi connectivity index (χ4n) is 8.54. The lowest BCUT2D eigenvalue weighted by molar-refractivity contribution is -0.129. The van der Waals surface area contributed by atoms with Crippen LogP contribution in [0.15, 0.2) is 16.8 Å². The number of nitrogens with one attached hydrogen (secondary N) is 2. The summed E-state index contributed by atoms with van der Waals surface area (Å²) >= 11 is 0. The zero-order valence-corrected chi connectivity index (χ0v) is 24.3. The molecule has 39 heavy (non-hydrogen) atoms. The van der Waals surface area contributed by atoms with Crippen molar-refractivity contribution in [3.63, 3.8) is 0 Å². The molecule has 4 rings (SSSR count). The Morgan fingerprint density at radius 2 is 1.92 bits per heavy atom. The third kappa shape index (κ3) is 6.24. The molecule has 0 aromatic heterocycles. The van der Waals surface area contributed by atoms with Crippen LogP contribution < -0.4 is 10.6 Å². The van der Waals surface area contributed by atoms with Crippen molar-refractivity contribution in [3.05, 3.63) is 11.6 Å². The predicted molar refractivity (Wildman–Crippen MR) is 150 cm³/mol. The maximum atomic E-state index is 12.9. The summed E-state index contributed by atoms with van der Waals surface area (Å²) in [5.74, 6) is 2.58. The van der Waals surface area contributed by atoms with Gasteiger partial charge in [-0.05, 0) is 93.6 Å². The van der Waals surface area contributed by atoms with E-state index in [1.54, 1.807) is 0 Å². The standard InChI is InChI=1S/C30H48N4O5/c1-21(33-39-28(37)34(17-18-38-20-35)16-15-32-14-13-31-4)25-7-8-26-24-6-5-22-19-23(36)9-11-29(22,2)27(24)10-12-30(25,26)3/h19-20,24-27,31-32H,5-18H2,1-4H3/b33-21+/t24-,25+,26-,27-,29-,30+/m0/s1. The highest BCUT2D eigenvalue weighted by Gasteiger charge is 2.59. The van der Waals surface area contributed by atoms with E-state index in [2.05, 4.69) is 29.6 Å². The normalized spacial score (nSPS) is 33.9. The maximum absolute atomic E-state index is 12.9. The third-order valence-corrected chi connectivity index (χ3v) is 10.6. The number of carbonyl (C=O) groups excluding carboxylic acids is 3. The van der Waals surface area contributed by atoms with Gasteiger partial charge >= 0.3 is 6.09 Å². The summed E-state index contributed by atoms with van der Waals surface area (Å²) in [5, 5.41) is 10.7. The number of carbonyl (C=O) groups is 3. The van der Waals surface area contributed by atoms with Gasteiger partial charge in [-0.1, -0.05) is 24.6 Å². The summed E-state index contributed by atoms with van der Waals surface area (Å²) in [6.07, 6.45) is 9.97. The molecule has 2 N–H and O–H groups in total. The number of amides is 1. The van der Waals surface area contributed by atoms with Gasteiger partial charge in [0.05, 0.1) is 12.3 Å². The summed E-state index contributed by atoms with van der Waals surface area (Å²) in [6.45, 7) is 10.3. The highest BCUT2D eigenvalue weighted by Crippen LogP contribution is 2.66. The first-order valence-electron chi connectivity index (χ1n) is 14.9. The van der Waals surface area contributed by atoms with E-state index in [9.17, 15) is 14.4 Å². The van der Waals surface area contributed by atoms with Crippen LogP contribution in [0.5, 0.6) is 0 Å². The molecular weight excluding hydrogens is 496 g/mol. The predicted octanol–water partition coefficient (Wildman–Crippen LogP) is 3.93. The summed E-state index contributed by atoms with van der Waals surface area (Å²) in [5.41, 5.74) is 2.63. The Balaban J connectivity index is 1.39. The number of ether oxygens (including phenoxy) is 1. The van der Waals surface area contributed by atoms with Crippen LogP contribution in [0.3, 0.4) is 0 Å². The molecule has 0 aromatic carbocycles. The van der Waals surface area contributed by atoms with Crippen LogP contribution in [0.25, 0.3) is 0 Å². The van der Waals surface area contributed by atoms with E-state index in [-0.39, 0.29) is 24.0 Å². The molecule has 0 aromatic rings. The number of hydrogen-bond donors (Lipinski definition) is 2. The molecule has 3 saturated carbocycles. The molecule has 0 aliphatic heterocycles. The molecule has 4 aliphatic carbocycles. The summed E-state index contributed by atoms with van der Waals surface area (Å²) in [7, 11) is 1.89. The van der Waals surface area contributed by atoms with E-state index >= 15 is 0 Å². The number of fused-ring (bicyclic) bond motifs is 5. The number of likely N-dealkylation sites (N-methyl/N-ethyl adjacent to an activating group) is 1. The molecule has 6 atom stereocenters. The van der Waals surface area contributed by atoms with Gasteiger partial charge in [-0.25, -0.2) is 4.79 Å². The van der Waals surface area contributed by atoms with Crippen molar-refractivity contribution < 1.29 is 24.0 Å². The maximum Gasteiger partial charge on any atom is 0.436 e. The molecule has 3 fully saturated rings. The lowest BCUT2D eigenvalue weighted by Gasteiger charge is -2.58. The lowest BCUT2D eigenvalue weighted by atomic mass is 9.46. The minimum absolute atomic E-state index is 0.118. The Morgan fingerprint density at radius 3 is 2.69 bits per heavy atom. The van der Waals surface area contributed by atoms with Crippen LogP contribution in [0.4, 0.5) is 4.79 Å². The molecule has 0 spiro atoms. The van der Waals surface area contributed by atoms with Gasteiger partial charge in [-0.15, -0.1) is 0 Å². The first kappa shape index (κ1) is 29.7. The highest BCUT2D eigenvalue weighted by atomic mass is 16.7. The van der Waals surface area contributed by atoms with E-state index in [1.807, 2.05) is 20.0 Å². The second-order valence-electron chi connectivity index (χ2n) is 12.5. The number of nitrogens with zero attached hydrogens (tertiary/aromatic N) is 2. The Morgan fingerprint density at radius 1 is 1.10 bits per heavy atom. The second kappa shape index (κ2) is 12.9. The topological polar surface area (TPSA) is 109 Å². The van der Waals surface area contributed by atoms with Crippen molar-refractivity contribution in [2.75, 3.05) is 46.4 Å². The fraction of sp³-hybridized carbons (Fsp3) is 0.800. The second-order valence-corrected chi connectivity index (χ2v) is 12.5. The van der Waals surface area contributed by atoms with E-state index in [0.717, 1.165) is 44.5 Å². The van der Waals surface area contributed by atoms with Crippen molar-refractivity contribution in [3.8, 4) is 0 Å². The molecule has 218 valence electrons. The van der Waals surface area contributed by atoms with Gasteiger partial charge in [0.1, 0.15) is 6.61 Å². The number of allylic oxidation sites excluding steroid dienone is 1.